The van der Waals surface area contributed by atoms with Gasteiger partial charge in [-0.05, 0) is 23.8 Å². The summed E-state index contributed by atoms with van der Waals surface area (Å²) in [5.74, 6) is 3.27. The van der Waals surface area contributed by atoms with Gasteiger partial charge in [-0.2, -0.15) is 0 Å². The monoisotopic (exact) mass is 272 g/mol. The summed E-state index contributed by atoms with van der Waals surface area (Å²) in [6.07, 6.45) is 5.62. The maximum absolute atomic E-state index is 6.11. The smallest absolute Gasteiger partial charge is 0.119 e. The Morgan fingerprint density at radius 1 is 1.16 bits per heavy atom. The Bertz CT molecular complexity index is 555. The molecular formula is C17H17ClO. The number of benzene rings is 2. The number of hydrogen-bond donors (Lipinski definition) is 0. The lowest BCUT2D eigenvalue weighted by Crippen LogP contribution is -1.84. The van der Waals surface area contributed by atoms with Crippen LogP contribution in [0.3, 0.4) is 0 Å². The largest absolute Gasteiger partial charge is 0.497 e. The van der Waals surface area contributed by atoms with Crippen molar-refractivity contribution in [2.24, 2.45) is 0 Å². The number of halogens is 1. The van der Waals surface area contributed by atoms with E-state index in [1.165, 1.54) is 0 Å². The predicted octanol–water partition coefficient (Wildman–Crippen LogP) is 5.05. The van der Waals surface area contributed by atoms with Gasteiger partial charge >= 0.3 is 0 Å². The molecule has 0 aromatic heterocycles. The quantitative estimate of drug-likeness (QED) is 0.696. The zero-order valence-corrected chi connectivity index (χ0v) is 11.9. The molecule has 0 atom stereocenters. The van der Waals surface area contributed by atoms with Gasteiger partial charge in [0.05, 0.1) is 7.11 Å². The third kappa shape index (κ3) is 4.69. The van der Waals surface area contributed by atoms with Gasteiger partial charge < -0.3 is 4.74 Å². The molecule has 98 valence electrons. The van der Waals surface area contributed by atoms with Crippen molar-refractivity contribution in [1.82, 2.24) is 0 Å². The van der Waals surface area contributed by atoms with E-state index in [1.807, 2.05) is 55.5 Å². The van der Waals surface area contributed by atoms with Gasteiger partial charge in [0.2, 0.25) is 0 Å². The zero-order valence-electron chi connectivity index (χ0n) is 11.2. The normalized spacial score (nSPS) is 8.95. The Balaban J connectivity index is 0.000000399. The van der Waals surface area contributed by atoms with Crippen molar-refractivity contribution in [2.75, 3.05) is 7.11 Å². The molecule has 2 rings (SSSR count). The van der Waals surface area contributed by atoms with Crippen LogP contribution in [0, 0.1) is 12.3 Å². The van der Waals surface area contributed by atoms with E-state index in [2.05, 4.69) is 5.92 Å². The van der Waals surface area contributed by atoms with Crippen LogP contribution in [0.4, 0.5) is 0 Å². The molecule has 0 spiro atoms. The molecule has 0 N–H and O–H groups in total. The maximum Gasteiger partial charge on any atom is 0.119 e. The zero-order chi connectivity index (χ0) is 14.1. The number of methoxy groups -OCH3 is 1. The lowest BCUT2D eigenvalue weighted by molar-refractivity contribution is 0.415. The summed E-state index contributed by atoms with van der Waals surface area (Å²) in [6, 6.07) is 15.6. The molecule has 0 radical (unpaired) electrons. The van der Waals surface area contributed by atoms with Gasteiger partial charge in [0, 0.05) is 17.0 Å². The Hall–Kier alpha value is -1.91. The Labute approximate surface area is 120 Å². The van der Waals surface area contributed by atoms with Gasteiger partial charge in [-0.15, -0.1) is 12.3 Å². The van der Waals surface area contributed by atoms with Crippen LogP contribution in [0.1, 0.15) is 13.3 Å². The van der Waals surface area contributed by atoms with Gasteiger partial charge in [-0.3, -0.25) is 0 Å². The highest BCUT2D eigenvalue weighted by atomic mass is 35.5. The van der Waals surface area contributed by atoms with Crippen LogP contribution in [0.2, 0.25) is 5.02 Å². The molecule has 0 fully saturated rings. The van der Waals surface area contributed by atoms with Crippen molar-refractivity contribution in [3.05, 3.63) is 53.6 Å². The van der Waals surface area contributed by atoms with E-state index in [1.54, 1.807) is 7.11 Å². The second-order valence-electron chi connectivity index (χ2n) is 3.77. The predicted molar refractivity (Wildman–Crippen MR) is 82.6 cm³/mol. The number of hydrogen-bond acceptors (Lipinski definition) is 1. The summed E-state index contributed by atoms with van der Waals surface area (Å²) in [5.41, 5.74) is 2.10. The Morgan fingerprint density at radius 3 is 2.42 bits per heavy atom. The summed E-state index contributed by atoms with van der Waals surface area (Å²) in [5, 5.41) is 0.755. The van der Waals surface area contributed by atoms with E-state index in [0.29, 0.717) is 0 Å². The number of terminal acetylenes is 1. The van der Waals surface area contributed by atoms with Crippen LogP contribution in [0.25, 0.3) is 11.1 Å². The van der Waals surface area contributed by atoms with Crippen LogP contribution in [-0.4, -0.2) is 7.11 Å². The standard InChI is InChI=1S/C13H11ClO.C4H6/c1-15-11-6-4-5-10(9-11)12-7-2-3-8-13(12)14;1-3-4-2/h2-9H,1H3;1H,4H2,2H3. The molecule has 0 aliphatic rings. The Morgan fingerprint density at radius 2 is 1.84 bits per heavy atom. The minimum atomic E-state index is 0.755. The fourth-order valence-electron chi connectivity index (χ4n) is 1.49. The van der Waals surface area contributed by atoms with Crippen LogP contribution in [-0.2, 0) is 0 Å². The first-order valence-electron chi connectivity index (χ1n) is 6.05. The van der Waals surface area contributed by atoms with E-state index >= 15 is 0 Å². The first-order valence-corrected chi connectivity index (χ1v) is 6.43. The molecule has 0 bridgehead atoms. The third-order valence-electron chi connectivity index (χ3n) is 2.46. The van der Waals surface area contributed by atoms with Gasteiger partial charge in [-0.25, -0.2) is 0 Å². The molecular weight excluding hydrogens is 256 g/mol. The lowest BCUT2D eigenvalue weighted by atomic mass is 10.1. The number of rotatable bonds is 2. The summed E-state index contributed by atoms with van der Waals surface area (Å²) >= 11 is 6.11. The van der Waals surface area contributed by atoms with Gasteiger partial charge in [0.25, 0.3) is 0 Å². The lowest BCUT2D eigenvalue weighted by Gasteiger charge is -2.06. The summed E-state index contributed by atoms with van der Waals surface area (Å²) in [7, 11) is 1.66. The molecule has 0 aliphatic carbocycles. The molecule has 0 amide bonds. The molecule has 2 heteroatoms. The van der Waals surface area contributed by atoms with Crippen LogP contribution in [0.5, 0.6) is 5.75 Å². The maximum atomic E-state index is 6.11. The second-order valence-corrected chi connectivity index (χ2v) is 4.18. The van der Waals surface area contributed by atoms with Crippen molar-refractivity contribution >= 4 is 11.6 Å². The molecule has 1 nitrogen and oxygen atoms in total. The van der Waals surface area contributed by atoms with Crippen molar-refractivity contribution in [1.29, 1.82) is 0 Å². The summed E-state index contributed by atoms with van der Waals surface area (Å²) in [4.78, 5) is 0. The average Bonchev–Trinajstić information content (AvgIpc) is 2.48. The van der Waals surface area contributed by atoms with Crippen LogP contribution >= 0.6 is 11.6 Å². The van der Waals surface area contributed by atoms with E-state index in [0.717, 1.165) is 28.3 Å². The third-order valence-corrected chi connectivity index (χ3v) is 2.79. The molecule has 0 saturated carbocycles. The van der Waals surface area contributed by atoms with Crippen molar-refractivity contribution in [2.45, 2.75) is 13.3 Å². The first kappa shape index (κ1) is 15.1. The summed E-state index contributed by atoms with van der Waals surface area (Å²) in [6.45, 7) is 1.94. The molecule has 0 aliphatic heterocycles. The molecule has 0 heterocycles. The van der Waals surface area contributed by atoms with E-state index in [9.17, 15) is 0 Å². The molecule has 2 aromatic rings. The fourth-order valence-corrected chi connectivity index (χ4v) is 1.73. The van der Waals surface area contributed by atoms with Crippen molar-refractivity contribution in [3.63, 3.8) is 0 Å². The van der Waals surface area contributed by atoms with Crippen molar-refractivity contribution < 1.29 is 4.74 Å². The van der Waals surface area contributed by atoms with Gasteiger partial charge in [-0.1, -0.05) is 48.9 Å². The highest BCUT2D eigenvalue weighted by Gasteiger charge is 2.02. The van der Waals surface area contributed by atoms with E-state index < -0.39 is 0 Å². The molecule has 2 aromatic carbocycles. The van der Waals surface area contributed by atoms with Crippen molar-refractivity contribution in [3.8, 4) is 29.2 Å². The average molecular weight is 273 g/mol. The van der Waals surface area contributed by atoms with Crippen LogP contribution < -0.4 is 4.74 Å². The highest BCUT2D eigenvalue weighted by molar-refractivity contribution is 6.33. The topological polar surface area (TPSA) is 9.23 Å². The van der Waals surface area contributed by atoms with E-state index in [4.69, 9.17) is 22.8 Å². The van der Waals surface area contributed by atoms with Gasteiger partial charge in [0.1, 0.15) is 5.75 Å². The highest BCUT2D eigenvalue weighted by Crippen LogP contribution is 2.29. The van der Waals surface area contributed by atoms with E-state index in [-0.39, 0.29) is 0 Å². The van der Waals surface area contributed by atoms with Crippen LogP contribution in [0.15, 0.2) is 48.5 Å². The Kier molecular flexibility index (Phi) is 6.57. The fraction of sp³-hybridized carbons (Fsp3) is 0.176. The minimum absolute atomic E-state index is 0.755. The molecule has 19 heavy (non-hydrogen) atoms. The number of ether oxygens (including phenoxy) is 1. The SMILES string of the molecule is C#CCC.COc1cccc(-c2ccccc2Cl)c1. The molecule has 0 unspecified atom stereocenters. The summed E-state index contributed by atoms with van der Waals surface area (Å²) < 4.78 is 5.17. The van der Waals surface area contributed by atoms with Gasteiger partial charge in [0.15, 0.2) is 0 Å². The molecule has 0 saturated heterocycles. The minimum Gasteiger partial charge on any atom is -0.497 e. The second kappa shape index (κ2) is 8.24. The first-order chi connectivity index (χ1) is 9.22.